The second kappa shape index (κ2) is 8.78. The number of alkyl halides is 3. The number of nitrogens with one attached hydrogen (secondary N) is 2. The maximum Gasteiger partial charge on any atom is 0.418 e. The van der Waals surface area contributed by atoms with Crippen LogP contribution in [0.5, 0.6) is 0 Å². The Morgan fingerprint density at radius 1 is 1.09 bits per heavy atom. The van der Waals surface area contributed by atoms with Gasteiger partial charge in [-0.1, -0.05) is 18.2 Å². The van der Waals surface area contributed by atoms with Crippen molar-refractivity contribution in [2.24, 2.45) is 0 Å². The molecule has 0 radical (unpaired) electrons. The largest absolute Gasteiger partial charge is 0.418 e. The topological polar surface area (TPSA) is 59.0 Å². The van der Waals surface area contributed by atoms with Crippen LogP contribution in [0.25, 0.3) is 5.69 Å². The van der Waals surface area contributed by atoms with Crippen molar-refractivity contribution in [1.29, 1.82) is 0 Å². The molecule has 0 bridgehead atoms. The highest BCUT2D eigenvalue weighted by atomic mass is 19.4. The number of hydrogen-bond donors (Lipinski definition) is 2. The molecule has 2 N–H and O–H groups in total. The van der Waals surface area contributed by atoms with Gasteiger partial charge in [-0.05, 0) is 75.2 Å². The highest BCUT2D eigenvalue weighted by Crippen LogP contribution is 2.36. The molecule has 1 amide bonds. The van der Waals surface area contributed by atoms with E-state index < -0.39 is 17.6 Å². The first-order chi connectivity index (χ1) is 15.3. The van der Waals surface area contributed by atoms with Gasteiger partial charge in [-0.3, -0.25) is 4.79 Å². The van der Waals surface area contributed by atoms with E-state index in [4.69, 9.17) is 0 Å². The lowest BCUT2D eigenvalue weighted by Crippen LogP contribution is -2.29. The summed E-state index contributed by atoms with van der Waals surface area (Å²) in [5.74, 6) is -0.524. The maximum absolute atomic E-state index is 13.4. The fraction of sp³-hybridized carbons (Fsp3) is 0.333. The van der Waals surface area contributed by atoms with E-state index in [2.05, 4.69) is 15.7 Å². The zero-order valence-corrected chi connectivity index (χ0v) is 18.0. The van der Waals surface area contributed by atoms with Crippen LogP contribution in [0.15, 0.2) is 48.7 Å². The van der Waals surface area contributed by atoms with Crippen molar-refractivity contribution in [3.63, 3.8) is 0 Å². The van der Waals surface area contributed by atoms with Gasteiger partial charge in [0.2, 0.25) is 0 Å². The number of aryl methyl sites for hydroxylation is 2. The summed E-state index contributed by atoms with van der Waals surface area (Å²) < 4.78 is 41.9. The van der Waals surface area contributed by atoms with Crippen LogP contribution in [0.2, 0.25) is 0 Å². The van der Waals surface area contributed by atoms with Gasteiger partial charge in [-0.15, -0.1) is 0 Å². The van der Waals surface area contributed by atoms with E-state index in [0.29, 0.717) is 5.56 Å². The Balaban J connectivity index is 1.75. The SMILES string of the molecule is Cc1ccc(-n2ncc(C(=O)Nc3ccccc3C(F)(F)F)c2C2CCNCC2)cc1C. The second-order valence-electron chi connectivity index (χ2n) is 8.15. The molecule has 0 atom stereocenters. The zero-order valence-electron chi connectivity index (χ0n) is 18.0. The quantitative estimate of drug-likeness (QED) is 0.582. The first kappa shape index (κ1) is 22.1. The Bertz CT molecular complexity index is 1130. The van der Waals surface area contributed by atoms with E-state index >= 15 is 0 Å². The predicted octanol–water partition coefficient (Wildman–Crippen LogP) is 5.23. The van der Waals surface area contributed by atoms with Crippen molar-refractivity contribution in [2.45, 2.75) is 38.8 Å². The number of hydrogen-bond acceptors (Lipinski definition) is 3. The molecule has 1 aromatic heterocycles. The number of aromatic nitrogens is 2. The van der Waals surface area contributed by atoms with Crippen LogP contribution in [0.3, 0.4) is 0 Å². The fourth-order valence-corrected chi connectivity index (χ4v) is 4.11. The molecule has 0 saturated carbocycles. The number of rotatable bonds is 4. The van der Waals surface area contributed by atoms with Crippen molar-refractivity contribution < 1.29 is 18.0 Å². The molecular weight excluding hydrogens is 417 g/mol. The summed E-state index contributed by atoms with van der Waals surface area (Å²) in [6.45, 7) is 5.64. The van der Waals surface area contributed by atoms with Crippen LogP contribution < -0.4 is 10.6 Å². The summed E-state index contributed by atoms with van der Waals surface area (Å²) in [7, 11) is 0. The van der Waals surface area contributed by atoms with E-state index in [1.54, 1.807) is 4.68 Å². The molecule has 1 aliphatic heterocycles. The standard InChI is InChI=1S/C24H25F3N4O/c1-15-7-8-18(13-16(15)2)31-22(17-9-11-28-12-10-17)19(14-29-31)23(32)30-21-6-4-3-5-20(21)24(25,26)27/h3-8,13-14,17,28H,9-12H2,1-2H3,(H,30,32). The fourth-order valence-electron chi connectivity index (χ4n) is 4.11. The number of para-hydroxylation sites is 1. The van der Waals surface area contributed by atoms with Crippen molar-refractivity contribution in [2.75, 3.05) is 18.4 Å². The lowest BCUT2D eigenvalue weighted by atomic mass is 9.91. The lowest BCUT2D eigenvalue weighted by molar-refractivity contribution is -0.136. The third-order valence-corrected chi connectivity index (χ3v) is 5.99. The minimum absolute atomic E-state index is 0.0685. The van der Waals surface area contributed by atoms with Gasteiger partial charge in [0.1, 0.15) is 0 Å². The van der Waals surface area contributed by atoms with Crippen molar-refractivity contribution in [3.05, 3.63) is 76.6 Å². The smallest absolute Gasteiger partial charge is 0.321 e. The molecule has 3 aromatic rings. The Morgan fingerprint density at radius 3 is 2.50 bits per heavy atom. The van der Waals surface area contributed by atoms with Crippen LogP contribution in [-0.2, 0) is 6.18 Å². The number of carbonyl (C=O) groups excluding carboxylic acids is 1. The molecule has 1 fully saturated rings. The molecule has 0 unspecified atom stereocenters. The third kappa shape index (κ3) is 4.41. The molecule has 32 heavy (non-hydrogen) atoms. The predicted molar refractivity (Wildman–Crippen MR) is 117 cm³/mol. The molecule has 5 nitrogen and oxygen atoms in total. The molecule has 2 aromatic carbocycles. The Kier molecular flexibility index (Phi) is 6.06. The van der Waals surface area contributed by atoms with Gasteiger partial charge in [0, 0.05) is 5.92 Å². The number of nitrogens with zero attached hydrogens (tertiary/aromatic N) is 2. The van der Waals surface area contributed by atoms with E-state index in [1.807, 2.05) is 32.0 Å². The summed E-state index contributed by atoms with van der Waals surface area (Å²) in [5, 5.41) is 10.3. The van der Waals surface area contributed by atoms with Gasteiger partial charge in [-0.2, -0.15) is 18.3 Å². The highest BCUT2D eigenvalue weighted by Gasteiger charge is 2.34. The number of amides is 1. The van der Waals surface area contributed by atoms with E-state index in [1.165, 1.54) is 24.4 Å². The summed E-state index contributed by atoms with van der Waals surface area (Å²) in [6.07, 6.45) is -1.48. The molecule has 0 spiro atoms. The Hall–Kier alpha value is -3.13. The molecule has 1 aliphatic rings. The Labute approximate surface area is 184 Å². The summed E-state index contributed by atoms with van der Waals surface area (Å²) in [5.41, 5.74) is 2.96. The van der Waals surface area contributed by atoms with Crippen LogP contribution in [0, 0.1) is 13.8 Å². The molecule has 168 valence electrons. The first-order valence-electron chi connectivity index (χ1n) is 10.6. The van der Waals surface area contributed by atoms with Gasteiger partial charge in [0.15, 0.2) is 0 Å². The minimum atomic E-state index is -4.56. The van der Waals surface area contributed by atoms with E-state index in [0.717, 1.165) is 54.5 Å². The number of anilines is 1. The number of piperidine rings is 1. The van der Waals surface area contributed by atoms with Crippen LogP contribution in [0.4, 0.5) is 18.9 Å². The molecule has 1 saturated heterocycles. The van der Waals surface area contributed by atoms with Gasteiger partial charge < -0.3 is 10.6 Å². The first-order valence-corrected chi connectivity index (χ1v) is 10.6. The van der Waals surface area contributed by atoms with E-state index in [9.17, 15) is 18.0 Å². The van der Waals surface area contributed by atoms with Gasteiger partial charge >= 0.3 is 6.18 Å². The molecule has 8 heteroatoms. The second-order valence-corrected chi connectivity index (χ2v) is 8.15. The number of halogens is 3. The Morgan fingerprint density at radius 2 is 1.81 bits per heavy atom. The minimum Gasteiger partial charge on any atom is -0.321 e. The van der Waals surface area contributed by atoms with Gasteiger partial charge in [0.25, 0.3) is 5.91 Å². The molecular formula is C24H25F3N4O. The average molecular weight is 442 g/mol. The van der Waals surface area contributed by atoms with Crippen molar-refractivity contribution in [1.82, 2.24) is 15.1 Å². The van der Waals surface area contributed by atoms with Crippen LogP contribution >= 0.6 is 0 Å². The highest BCUT2D eigenvalue weighted by molar-refractivity contribution is 6.05. The normalized spacial score (nSPS) is 15.0. The molecule has 0 aliphatic carbocycles. The zero-order chi connectivity index (χ0) is 22.9. The van der Waals surface area contributed by atoms with Crippen LogP contribution in [-0.4, -0.2) is 28.8 Å². The summed E-state index contributed by atoms with van der Waals surface area (Å²) in [4.78, 5) is 13.2. The van der Waals surface area contributed by atoms with Crippen LogP contribution in [0.1, 0.15) is 51.5 Å². The maximum atomic E-state index is 13.4. The number of benzene rings is 2. The monoisotopic (exact) mass is 442 g/mol. The number of carbonyl (C=O) groups is 1. The third-order valence-electron chi connectivity index (χ3n) is 5.99. The van der Waals surface area contributed by atoms with Gasteiger partial charge in [-0.25, -0.2) is 4.68 Å². The summed E-state index contributed by atoms with van der Waals surface area (Å²) >= 11 is 0. The molecule has 2 heterocycles. The lowest BCUT2D eigenvalue weighted by Gasteiger charge is -2.25. The molecule has 4 rings (SSSR count). The average Bonchev–Trinajstić information content (AvgIpc) is 3.21. The van der Waals surface area contributed by atoms with Crippen molar-refractivity contribution >= 4 is 11.6 Å². The van der Waals surface area contributed by atoms with Crippen molar-refractivity contribution in [3.8, 4) is 5.69 Å². The summed E-state index contributed by atoms with van der Waals surface area (Å²) in [6, 6.07) is 10.9. The van der Waals surface area contributed by atoms with E-state index in [-0.39, 0.29) is 11.6 Å². The van der Waals surface area contributed by atoms with Gasteiger partial charge in [0.05, 0.1) is 34.4 Å².